The number of nitrogens with one attached hydrogen (secondary N) is 1. The van der Waals surface area contributed by atoms with Gasteiger partial charge in [0.15, 0.2) is 4.34 Å². The van der Waals surface area contributed by atoms with Gasteiger partial charge in [-0.15, -0.1) is 10.2 Å². The van der Waals surface area contributed by atoms with Gasteiger partial charge < -0.3 is 5.32 Å². The Morgan fingerprint density at radius 1 is 1.18 bits per heavy atom. The van der Waals surface area contributed by atoms with Gasteiger partial charge in [-0.1, -0.05) is 62.9 Å². The van der Waals surface area contributed by atoms with Gasteiger partial charge in [0.2, 0.25) is 11.0 Å². The highest BCUT2D eigenvalue weighted by molar-refractivity contribution is 8.00. The Kier molecular flexibility index (Phi) is 7.50. The number of amides is 1. The molecule has 1 amide bonds. The van der Waals surface area contributed by atoms with E-state index >= 15 is 0 Å². The van der Waals surface area contributed by atoms with E-state index in [0.29, 0.717) is 21.6 Å². The lowest BCUT2D eigenvalue weighted by Crippen LogP contribution is -2.18. The Balaban J connectivity index is 1.83. The number of carbonyl (C=O) groups is 1. The number of hydrogen-bond donors (Lipinski definition) is 1. The quantitative estimate of drug-likeness (QED) is 0.416. The largest absolute Gasteiger partial charge is 0.416 e. The van der Waals surface area contributed by atoms with Crippen molar-refractivity contribution in [3.63, 3.8) is 0 Å². The fourth-order valence-corrected chi connectivity index (χ4v) is 4.58. The monoisotopic (exact) mass is 431 g/mol. The first-order valence-electron chi connectivity index (χ1n) is 8.85. The smallest absolute Gasteiger partial charge is 0.300 e. The minimum Gasteiger partial charge on any atom is -0.300 e. The van der Waals surface area contributed by atoms with Crippen LogP contribution in [0.2, 0.25) is 0 Å². The Hall–Kier alpha value is -1.61. The number of anilines is 1. The van der Waals surface area contributed by atoms with Crippen molar-refractivity contribution in [1.29, 1.82) is 0 Å². The van der Waals surface area contributed by atoms with Gasteiger partial charge in [-0.3, -0.25) is 4.79 Å². The van der Waals surface area contributed by atoms with Crippen LogP contribution in [0.25, 0.3) is 0 Å². The van der Waals surface area contributed by atoms with Crippen LogP contribution in [-0.2, 0) is 16.7 Å². The topological polar surface area (TPSA) is 54.9 Å². The molecule has 0 fully saturated rings. The molecule has 0 aliphatic heterocycles. The van der Waals surface area contributed by atoms with Crippen molar-refractivity contribution >= 4 is 34.1 Å². The van der Waals surface area contributed by atoms with Crippen LogP contribution < -0.4 is 5.32 Å². The lowest BCUT2D eigenvalue weighted by atomic mass is 9.84. The number of rotatable bonds is 7. The van der Waals surface area contributed by atoms with Gasteiger partial charge in [-0.05, 0) is 35.4 Å². The Labute approximate surface area is 171 Å². The molecule has 1 atom stereocenters. The number of carbonyl (C=O) groups excluding carboxylic acids is 1. The Morgan fingerprint density at radius 3 is 2.39 bits per heavy atom. The summed E-state index contributed by atoms with van der Waals surface area (Å²) in [6.45, 7) is 8.49. The number of thioether (sulfide) groups is 1. The van der Waals surface area contributed by atoms with Gasteiger partial charge in [0.05, 0.1) is 5.56 Å². The summed E-state index contributed by atoms with van der Waals surface area (Å²) in [6, 6.07) is 5.05. The number of alkyl halides is 3. The van der Waals surface area contributed by atoms with Crippen molar-refractivity contribution in [2.45, 2.75) is 56.8 Å². The van der Waals surface area contributed by atoms with E-state index in [1.807, 2.05) is 0 Å². The van der Waals surface area contributed by atoms with Gasteiger partial charge in [0.25, 0.3) is 0 Å². The summed E-state index contributed by atoms with van der Waals surface area (Å²) in [5.41, 5.74) is 0.266. The summed E-state index contributed by atoms with van der Waals surface area (Å²) < 4.78 is 38.4. The van der Waals surface area contributed by atoms with Gasteiger partial charge >= 0.3 is 6.18 Å². The number of halogens is 3. The van der Waals surface area contributed by atoms with E-state index in [1.165, 1.54) is 35.2 Å². The fourth-order valence-electron chi connectivity index (χ4n) is 2.86. The van der Waals surface area contributed by atoms with E-state index in [4.69, 9.17) is 0 Å². The molecule has 1 unspecified atom stereocenters. The van der Waals surface area contributed by atoms with Crippen LogP contribution in [0.3, 0.4) is 0 Å². The van der Waals surface area contributed by atoms with E-state index in [2.05, 4.69) is 43.2 Å². The Bertz CT molecular complexity index is 783. The van der Waals surface area contributed by atoms with Gasteiger partial charge in [0.1, 0.15) is 0 Å². The average molecular weight is 432 g/mol. The van der Waals surface area contributed by atoms with Crippen LogP contribution >= 0.6 is 23.1 Å². The molecule has 4 nitrogen and oxygen atoms in total. The second kappa shape index (κ2) is 9.26. The summed E-state index contributed by atoms with van der Waals surface area (Å²) in [5.74, 6) is 0.650. The van der Waals surface area contributed by atoms with Crippen LogP contribution in [0.1, 0.15) is 51.7 Å². The fraction of sp³-hybridized carbons (Fsp3) is 0.526. The molecule has 1 N–H and O–H groups in total. The molecular formula is C19H24F3N3OS2. The molecule has 0 saturated heterocycles. The predicted octanol–water partition coefficient (Wildman–Crippen LogP) is 6.25. The maximum atomic E-state index is 12.6. The summed E-state index contributed by atoms with van der Waals surface area (Å²) in [4.78, 5) is 12.1. The molecule has 1 heterocycles. The molecule has 0 bridgehead atoms. The van der Waals surface area contributed by atoms with E-state index in [-0.39, 0.29) is 17.2 Å². The number of aromatic nitrogens is 2. The molecule has 0 saturated carbocycles. The zero-order chi connectivity index (χ0) is 20.9. The maximum Gasteiger partial charge on any atom is 0.416 e. The third kappa shape index (κ3) is 7.79. The molecule has 0 radical (unpaired) electrons. The molecule has 1 aromatic carbocycles. The third-order valence-electron chi connectivity index (χ3n) is 3.79. The van der Waals surface area contributed by atoms with Crippen LogP contribution in [0.15, 0.2) is 28.6 Å². The van der Waals surface area contributed by atoms with Crippen molar-refractivity contribution < 1.29 is 18.0 Å². The number of nitrogens with zero attached hydrogens (tertiary/aromatic N) is 2. The molecule has 28 heavy (non-hydrogen) atoms. The molecule has 154 valence electrons. The molecule has 2 rings (SSSR count). The zero-order valence-electron chi connectivity index (χ0n) is 16.3. The highest BCUT2D eigenvalue weighted by atomic mass is 32.2. The molecule has 2 aromatic rings. The third-order valence-corrected chi connectivity index (χ3v) is 5.83. The van der Waals surface area contributed by atoms with Crippen LogP contribution in [-0.4, -0.2) is 16.1 Å². The molecule has 0 aliphatic rings. The average Bonchev–Trinajstić information content (AvgIpc) is 2.97. The summed E-state index contributed by atoms with van der Waals surface area (Å²) in [7, 11) is 0. The standard InChI is InChI=1S/C19H24F3N3OS2/c1-12(10-18(2,3)4)9-15(26)23-16-24-25-17(28-16)27-11-13-5-7-14(8-6-13)19(20,21)22/h5-8,12H,9-11H2,1-4H3,(H,23,24,26). The minimum absolute atomic E-state index is 0.0906. The van der Waals surface area contributed by atoms with Gasteiger partial charge in [-0.25, -0.2) is 0 Å². The normalized spacial score (nSPS) is 13.4. The molecule has 1 aromatic heterocycles. The highest BCUT2D eigenvalue weighted by Crippen LogP contribution is 2.32. The van der Waals surface area contributed by atoms with Crippen molar-refractivity contribution in [2.24, 2.45) is 11.3 Å². The molecular weight excluding hydrogens is 407 g/mol. The van der Waals surface area contributed by atoms with Crippen molar-refractivity contribution in [2.75, 3.05) is 5.32 Å². The molecule has 9 heteroatoms. The second-order valence-electron chi connectivity index (χ2n) is 7.98. The summed E-state index contributed by atoms with van der Waals surface area (Å²) >= 11 is 2.63. The van der Waals surface area contributed by atoms with E-state index < -0.39 is 11.7 Å². The second-order valence-corrected chi connectivity index (χ2v) is 10.2. The van der Waals surface area contributed by atoms with Crippen LogP contribution in [0.4, 0.5) is 18.3 Å². The number of benzene rings is 1. The SMILES string of the molecule is CC(CC(=O)Nc1nnc(SCc2ccc(C(F)(F)F)cc2)s1)CC(C)(C)C. The van der Waals surface area contributed by atoms with Crippen molar-refractivity contribution in [1.82, 2.24) is 10.2 Å². The first-order chi connectivity index (χ1) is 12.9. The van der Waals surface area contributed by atoms with Crippen LogP contribution in [0, 0.1) is 11.3 Å². The maximum absolute atomic E-state index is 12.6. The lowest BCUT2D eigenvalue weighted by Gasteiger charge is -2.22. The number of hydrogen-bond acceptors (Lipinski definition) is 5. The highest BCUT2D eigenvalue weighted by Gasteiger charge is 2.29. The van der Waals surface area contributed by atoms with Gasteiger partial charge in [-0.2, -0.15) is 13.2 Å². The van der Waals surface area contributed by atoms with Crippen LogP contribution in [0.5, 0.6) is 0 Å². The molecule has 0 aliphatic carbocycles. The lowest BCUT2D eigenvalue weighted by molar-refractivity contribution is -0.137. The Morgan fingerprint density at radius 2 is 1.82 bits per heavy atom. The molecule has 0 spiro atoms. The summed E-state index contributed by atoms with van der Waals surface area (Å²) in [6.07, 6.45) is -2.96. The van der Waals surface area contributed by atoms with Gasteiger partial charge in [0, 0.05) is 12.2 Å². The zero-order valence-corrected chi connectivity index (χ0v) is 17.9. The minimum atomic E-state index is -4.33. The first kappa shape index (κ1) is 22.7. The van der Waals surface area contributed by atoms with Crippen molar-refractivity contribution in [3.05, 3.63) is 35.4 Å². The summed E-state index contributed by atoms with van der Waals surface area (Å²) in [5, 5.41) is 11.2. The van der Waals surface area contributed by atoms with E-state index in [9.17, 15) is 18.0 Å². The predicted molar refractivity (Wildman–Crippen MR) is 107 cm³/mol. The van der Waals surface area contributed by atoms with E-state index in [0.717, 1.165) is 24.1 Å². The van der Waals surface area contributed by atoms with E-state index in [1.54, 1.807) is 0 Å². The van der Waals surface area contributed by atoms with Crippen molar-refractivity contribution in [3.8, 4) is 0 Å². The first-order valence-corrected chi connectivity index (χ1v) is 10.6.